The molecule has 0 saturated carbocycles. The lowest BCUT2D eigenvalue weighted by Crippen LogP contribution is -2.18. The molecule has 0 bridgehead atoms. The quantitative estimate of drug-likeness (QED) is 0.681. The Morgan fingerprint density at radius 2 is 1.91 bits per heavy atom. The van der Waals surface area contributed by atoms with Crippen LogP contribution < -0.4 is 10.0 Å². The molecule has 120 valence electrons. The van der Waals surface area contributed by atoms with Gasteiger partial charge in [-0.05, 0) is 32.2 Å². The van der Waals surface area contributed by atoms with Gasteiger partial charge in [0.15, 0.2) is 5.76 Å². The molecule has 8 heteroatoms. The van der Waals surface area contributed by atoms with Crippen LogP contribution in [-0.4, -0.2) is 26.4 Å². The molecule has 7 nitrogen and oxygen atoms in total. The lowest BCUT2D eigenvalue weighted by atomic mass is 10.2. The zero-order chi connectivity index (χ0) is 16.6. The van der Waals surface area contributed by atoms with E-state index >= 15 is 0 Å². The summed E-state index contributed by atoms with van der Waals surface area (Å²) in [7, 11) is -2.45. The van der Waals surface area contributed by atoms with Crippen molar-refractivity contribution >= 4 is 32.5 Å². The van der Waals surface area contributed by atoms with Gasteiger partial charge in [0, 0.05) is 16.6 Å². The zero-order valence-corrected chi connectivity index (χ0v) is 13.3. The summed E-state index contributed by atoms with van der Waals surface area (Å²) >= 11 is 0. The number of H-pyrrole nitrogens is 1. The highest BCUT2D eigenvalue weighted by molar-refractivity contribution is 7.89. The van der Waals surface area contributed by atoms with E-state index in [-0.39, 0.29) is 10.9 Å². The van der Waals surface area contributed by atoms with Gasteiger partial charge in [-0.25, -0.2) is 13.1 Å². The van der Waals surface area contributed by atoms with E-state index in [4.69, 9.17) is 4.42 Å². The minimum Gasteiger partial charge on any atom is -0.438 e. The SMILES string of the molecule is CNS(=O)(=O)c1ccc(C(=O)Nc2c(C)[nH]c3ccccc23)o1. The van der Waals surface area contributed by atoms with Crippen molar-refractivity contribution in [3.8, 4) is 0 Å². The summed E-state index contributed by atoms with van der Waals surface area (Å²) < 4.78 is 30.5. The van der Waals surface area contributed by atoms with Crippen LogP contribution in [0.25, 0.3) is 10.9 Å². The first-order valence-electron chi connectivity index (χ1n) is 6.84. The van der Waals surface area contributed by atoms with Crippen molar-refractivity contribution in [3.63, 3.8) is 0 Å². The van der Waals surface area contributed by atoms with Crippen LogP contribution in [0.1, 0.15) is 16.2 Å². The van der Waals surface area contributed by atoms with Gasteiger partial charge in [-0.3, -0.25) is 4.79 Å². The van der Waals surface area contributed by atoms with Crippen LogP contribution in [-0.2, 0) is 10.0 Å². The standard InChI is InChI=1S/C15H15N3O4S/c1-9-14(10-5-3-4-6-11(10)17-9)18-15(19)12-7-8-13(22-12)23(20,21)16-2/h3-8,16-17H,1-2H3,(H,18,19). The molecule has 1 aromatic carbocycles. The molecule has 3 aromatic rings. The summed E-state index contributed by atoms with van der Waals surface area (Å²) in [6.45, 7) is 1.84. The molecule has 0 aliphatic rings. The summed E-state index contributed by atoms with van der Waals surface area (Å²) in [5.41, 5.74) is 2.34. The lowest BCUT2D eigenvalue weighted by Gasteiger charge is -2.03. The van der Waals surface area contributed by atoms with Crippen molar-refractivity contribution < 1.29 is 17.6 Å². The molecule has 23 heavy (non-hydrogen) atoms. The van der Waals surface area contributed by atoms with E-state index in [9.17, 15) is 13.2 Å². The molecule has 0 radical (unpaired) electrons. The van der Waals surface area contributed by atoms with Crippen LogP contribution in [0.4, 0.5) is 5.69 Å². The number of carbonyl (C=O) groups is 1. The van der Waals surface area contributed by atoms with Gasteiger partial charge < -0.3 is 14.7 Å². The molecule has 1 amide bonds. The number of nitrogens with one attached hydrogen (secondary N) is 3. The molecule has 0 spiro atoms. The van der Waals surface area contributed by atoms with E-state index in [2.05, 4.69) is 15.0 Å². The Labute approximate surface area is 132 Å². The van der Waals surface area contributed by atoms with Crippen molar-refractivity contribution in [2.45, 2.75) is 12.0 Å². The van der Waals surface area contributed by atoms with Gasteiger partial charge in [0.2, 0.25) is 5.09 Å². The maximum absolute atomic E-state index is 12.3. The molecule has 0 aliphatic carbocycles. The Hall–Kier alpha value is -2.58. The van der Waals surface area contributed by atoms with Gasteiger partial charge in [0.05, 0.1) is 5.69 Å². The smallest absolute Gasteiger partial charge is 0.291 e. The Balaban J connectivity index is 1.91. The number of rotatable bonds is 4. The fourth-order valence-corrected chi connectivity index (χ4v) is 2.95. The van der Waals surface area contributed by atoms with Crippen molar-refractivity contribution in [1.29, 1.82) is 0 Å². The van der Waals surface area contributed by atoms with E-state index in [1.807, 2.05) is 31.2 Å². The third kappa shape index (κ3) is 2.73. The molecule has 0 fully saturated rings. The van der Waals surface area contributed by atoms with Gasteiger partial charge in [-0.1, -0.05) is 18.2 Å². The highest BCUT2D eigenvalue weighted by Crippen LogP contribution is 2.27. The van der Waals surface area contributed by atoms with Crippen LogP contribution >= 0.6 is 0 Å². The summed E-state index contributed by atoms with van der Waals surface area (Å²) in [6.07, 6.45) is 0. The van der Waals surface area contributed by atoms with Crippen LogP contribution in [0.15, 0.2) is 45.9 Å². The Morgan fingerprint density at radius 1 is 1.17 bits per heavy atom. The monoisotopic (exact) mass is 333 g/mol. The highest BCUT2D eigenvalue weighted by Gasteiger charge is 2.20. The summed E-state index contributed by atoms with van der Waals surface area (Å²) in [6, 6.07) is 10.1. The first-order chi connectivity index (χ1) is 10.9. The number of aryl methyl sites for hydroxylation is 1. The normalized spacial score (nSPS) is 11.7. The molecular weight excluding hydrogens is 318 g/mol. The van der Waals surface area contributed by atoms with Crippen molar-refractivity contribution in [1.82, 2.24) is 9.71 Å². The second-order valence-corrected chi connectivity index (χ2v) is 6.77. The number of amides is 1. The topological polar surface area (TPSA) is 104 Å². The van der Waals surface area contributed by atoms with Crippen molar-refractivity contribution in [3.05, 3.63) is 47.9 Å². The Kier molecular flexibility index (Phi) is 3.70. The molecule has 3 rings (SSSR count). The average Bonchev–Trinajstić information content (AvgIpc) is 3.14. The lowest BCUT2D eigenvalue weighted by molar-refractivity contribution is 0.0991. The van der Waals surface area contributed by atoms with Gasteiger partial charge in [0.25, 0.3) is 15.9 Å². The highest BCUT2D eigenvalue weighted by atomic mass is 32.2. The molecule has 0 atom stereocenters. The summed E-state index contributed by atoms with van der Waals surface area (Å²) in [5, 5.41) is 3.32. The van der Waals surface area contributed by atoms with Crippen molar-refractivity contribution in [2.24, 2.45) is 0 Å². The van der Waals surface area contributed by atoms with Crippen LogP contribution in [0.5, 0.6) is 0 Å². The molecule has 3 N–H and O–H groups in total. The predicted octanol–water partition coefficient (Wildman–Crippen LogP) is 2.23. The van der Waals surface area contributed by atoms with Crippen LogP contribution in [0.3, 0.4) is 0 Å². The number of benzene rings is 1. The average molecular weight is 333 g/mol. The van der Waals surface area contributed by atoms with Gasteiger partial charge in [-0.2, -0.15) is 0 Å². The largest absolute Gasteiger partial charge is 0.438 e. The van der Waals surface area contributed by atoms with Crippen molar-refractivity contribution in [2.75, 3.05) is 12.4 Å². The fourth-order valence-electron chi connectivity index (χ4n) is 2.30. The number of aromatic amines is 1. The third-order valence-electron chi connectivity index (χ3n) is 3.47. The molecule has 0 saturated heterocycles. The third-order valence-corrected chi connectivity index (χ3v) is 4.76. The van der Waals surface area contributed by atoms with Gasteiger partial charge in [0.1, 0.15) is 0 Å². The first kappa shape index (κ1) is 15.3. The second kappa shape index (κ2) is 5.56. The van der Waals surface area contributed by atoms with E-state index in [1.165, 1.54) is 19.2 Å². The van der Waals surface area contributed by atoms with Gasteiger partial charge >= 0.3 is 0 Å². The minimum atomic E-state index is -3.72. The van der Waals surface area contributed by atoms with E-state index in [0.29, 0.717) is 5.69 Å². The Bertz CT molecular complexity index is 985. The number of fused-ring (bicyclic) bond motifs is 1. The summed E-state index contributed by atoms with van der Waals surface area (Å²) in [5.74, 6) is -0.598. The number of furan rings is 1. The molecule has 2 aromatic heterocycles. The Morgan fingerprint density at radius 3 is 2.65 bits per heavy atom. The van der Waals surface area contributed by atoms with E-state index in [0.717, 1.165) is 16.6 Å². The number of sulfonamides is 1. The number of hydrogen-bond donors (Lipinski definition) is 3. The maximum Gasteiger partial charge on any atom is 0.291 e. The summed E-state index contributed by atoms with van der Waals surface area (Å²) in [4.78, 5) is 15.5. The number of anilines is 1. The van der Waals surface area contributed by atoms with Crippen LogP contribution in [0.2, 0.25) is 0 Å². The van der Waals surface area contributed by atoms with E-state index < -0.39 is 15.9 Å². The number of hydrogen-bond acceptors (Lipinski definition) is 4. The number of para-hydroxylation sites is 1. The zero-order valence-electron chi connectivity index (χ0n) is 12.5. The number of carbonyl (C=O) groups excluding carboxylic acids is 1. The molecular formula is C15H15N3O4S. The maximum atomic E-state index is 12.3. The molecule has 0 aliphatic heterocycles. The molecule has 2 heterocycles. The second-order valence-electron chi connectivity index (χ2n) is 4.95. The van der Waals surface area contributed by atoms with Gasteiger partial charge in [-0.15, -0.1) is 0 Å². The van der Waals surface area contributed by atoms with E-state index in [1.54, 1.807) is 0 Å². The first-order valence-corrected chi connectivity index (χ1v) is 8.33. The fraction of sp³-hybridized carbons (Fsp3) is 0.133. The number of aromatic nitrogens is 1. The minimum absolute atomic E-state index is 0.0801. The molecule has 0 unspecified atom stereocenters. The predicted molar refractivity (Wildman–Crippen MR) is 85.9 cm³/mol. The van der Waals surface area contributed by atoms with Crippen LogP contribution in [0, 0.1) is 6.92 Å².